The summed E-state index contributed by atoms with van der Waals surface area (Å²) in [6.07, 6.45) is -36.4. The molecule has 0 aliphatic carbocycles. The lowest BCUT2D eigenvalue weighted by Gasteiger charge is -2.21. The second-order valence-corrected chi connectivity index (χ2v) is 22.7. The Bertz CT molecular complexity index is 5240. The predicted octanol–water partition coefficient (Wildman–Crippen LogP) is 25.1. The standard InChI is InChI=1S/C71H35F21N4/c1-34-15-40(19-44(17-34)65(72,73)74)36-5-11-59-53(25-36)55-27-38(42-21-46(67(78,79)80)29-47(22-42)68(81,82)83)7-13-60(55)95(59)63-32-52(51-10-9-50(93-3)31-57(51)71(90,91)92)58(94-4)33-64(63)96-61-12-6-37(41-16-35(2)18-45(20-41)66(75,76)77)26-54(61)56-28-39(8-14-62(56)96)43-23-48(69(84,85)86)30-49(24-43)70(87,88)89/h5-33H,1-2H3. The Morgan fingerprint density at radius 3 is 0.865 bits per heavy atom. The molecule has 96 heavy (non-hydrogen) atoms. The van der Waals surface area contributed by atoms with Crippen LogP contribution in [0.25, 0.3) is 120 Å². The third-order valence-electron chi connectivity index (χ3n) is 16.3. The third-order valence-corrected chi connectivity index (χ3v) is 16.3. The molecule has 0 saturated heterocycles. The van der Waals surface area contributed by atoms with Gasteiger partial charge in [0.2, 0.25) is 0 Å². The molecular weight excluding hydrogens is 1310 g/mol. The molecule has 0 atom stereocenters. The molecule has 0 bridgehead atoms. The summed E-state index contributed by atoms with van der Waals surface area (Å²) in [7, 11) is 0. The second kappa shape index (κ2) is 22.5. The van der Waals surface area contributed by atoms with Gasteiger partial charge in [-0.2, -0.15) is 92.2 Å². The lowest BCUT2D eigenvalue weighted by Crippen LogP contribution is -2.11. The van der Waals surface area contributed by atoms with Gasteiger partial charge in [0.25, 0.3) is 0 Å². The first-order valence-corrected chi connectivity index (χ1v) is 28.0. The highest BCUT2D eigenvalue weighted by atomic mass is 19.4. The molecule has 0 aliphatic heterocycles. The number of benzene rings is 10. The molecular formula is C71H35F21N4. The minimum absolute atomic E-state index is 0.00576. The van der Waals surface area contributed by atoms with Gasteiger partial charge in [-0.05, 0) is 208 Å². The van der Waals surface area contributed by atoms with Crippen molar-refractivity contribution in [2.75, 3.05) is 0 Å². The average Bonchev–Trinajstić information content (AvgIpc) is 1.56. The molecule has 0 N–H and O–H groups in total. The van der Waals surface area contributed by atoms with E-state index in [4.69, 9.17) is 13.1 Å². The lowest BCUT2D eigenvalue weighted by atomic mass is 9.95. The zero-order valence-corrected chi connectivity index (χ0v) is 48.5. The summed E-state index contributed by atoms with van der Waals surface area (Å²) in [5.41, 5.74) is -14.9. The number of aromatic nitrogens is 2. The number of fused-ring (bicyclic) bond motifs is 6. The van der Waals surface area contributed by atoms with Crippen molar-refractivity contribution in [2.24, 2.45) is 0 Å². The highest BCUT2D eigenvalue weighted by Gasteiger charge is 2.41. The third kappa shape index (κ3) is 12.1. The van der Waals surface area contributed by atoms with Crippen LogP contribution >= 0.6 is 0 Å². The first-order chi connectivity index (χ1) is 44.7. The maximum Gasteiger partial charge on any atom is 0.416 e. The van der Waals surface area contributed by atoms with Gasteiger partial charge in [-0.15, -0.1) is 0 Å². The monoisotopic (exact) mass is 1340 g/mol. The Balaban J connectivity index is 1.24. The summed E-state index contributed by atoms with van der Waals surface area (Å²) in [5.74, 6) is 0. The molecule has 10 aromatic carbocycles. The smallest absolute Gasteiger partial charge is 0.308 e. The highest BCUT2D eigenvalue weighted by Crippen LogP contribution is 2.50. The molecule has 0 radical (unpaired) electrons. The summed E-state index contributed by atoms with van der Waals surface area (Å²) in [4.78, 5) is 6.78. The summed E-state index contributed by atoms with van der Waals surface area (Å²) in [6, 6.07) is 27.4. The molecule has 2 heterocycles. The molecule has 0 fully saturated rings. The SMILES string of the molecule is [C-]#[N+]c1ccc(-c2cc(-n3c4ccc(-c5cc(C)cc(C(F)(F)F)c5)cc4c4cc(-c5cc(C(F)(F)F)cc(C(F)(F)F)c5)ccc43)c(-n3c4ccc(-c5cc(C)cc(C(F)(F)F)c5)cc4c4cc(-c5cc(C(F)(F)F)cc(C(F)(F)F)c5)ccc43)cc2[N+]#[C-])c(C(F)(F)F)c1. The van der Waals surface area contributed by atoms with E-state index < -0.39 is 116 Å². The fourth-order valence-corrected chi connectivity index (χ4v) is 12.1. The van der Waals surface area contributed by atoms with Crippen LogP contribution in [0, 0.1) is 27.0 Å². The van der Waals surface area contributed by atoms with Gasteiger partial charge in [0.1, 0.15) is 0 Å². The molecule has 486 valence electrons. The summed E-state index contributed by atoms with van der Waals surface area (Å²) >= 11 is 0. The van der Waals surface area contributed by atoms with Crippen molar-refractivity contribution in [3.8, 4) is 67.0 Å². The van der Waals surface area contributed by atoms with Gasteiger partial charge in [0, 0.05) is 21.5 Å². The molecule has 4 nitrogen and oxygen atoms in total. The van der Waals surface area contributed by atoms with Crippen molar-refractivity contribution < 1.29 is 92.2 Å². The Hall–Kier alpha value is -10.7. The van der Waals surface area contributed by atoms with Gasteiger partial charge in [-0.25, -0.2) is 9.69 Å². The lowest BCUT2D eigenvalue weighted by molar-refractivity contribution is -0.144. The van der Waals surface area contributed by atoms with Crippen LogP contribution in [0.4, 0.5) is 104 Å². The van der Waals surface area contributed by atoms with E-state index >= 15 is 13.2 Å². The Labute approximate surface area is 527 Å². The van der Waals surface area contributed by atoms with Gasteiger partial charge >= 0.3 is 43.2 Å². The number of hydrogen-bond acceptors (Lipinski definition) is 0. The zero-order valence-electron chi connectivity index (χ0n) is 48.5. The normalized spacial score (nSPS) is 12.9. The average molecular weight is 1340 g/mol. The van der Waals surface area contributed by atoms with E-state index in [2.05, 4.69) is 9.69 Å². The summed E-state index contributed by atoms with van der Waals surface area (Å²) in [5, 5.41) is -0.0954. The van der Waals surface area contributed by atoms with Gasteiger partial charge < -0.3 is 9.13 Å². The number of alkyl halides is 21. The molecule has 0 amide bonds. The van der Waals surface area contributed by atoms with Crippen LogP contribution in [0.15, 0.2) is 176 Å². The van der Waals surface area contributed by atoms with E-state index in [9.17, 15) is 79.0 Å². The van der Waals surface area contributed by atoms with Gasteiger partial charge in [-0.1, -0.05) is 48.5 Å². The van der Waals surface area contributed by atoms with Crippen LogP contribution in [0.2, 0.25) is 0 Å². The molecule has 0 unspecified atom stereocenters. The molecule has 0 aliphatic rings. The van der Waals surface area contributed by atoms with E-state index in [0.717, 1.165) is 60.7 Å². The molecule has 0 spiro atoms. The van der Waals surface area contributed by atoms with Crippen molar-refractivity contribution in [2.45, 2.75) is 57.1 Å². The van der Waals surface area contributed by atoms with Gasteiger partial charge in [0.15, 0.2) is 11.4 Å². The summed E-state index contributed by atoms with van der Waals surface area (Å²) < 4.78 is 309. The minimum Gasteiger partial charge on any atom is -0.308 e. The largest absolute Gasteiger partial charge is 0.416 e. The van der Waals surface area contributed by atoms with Crippen molar-refractivity contribution in [3.63, 3.8) is 0 Å². The molecule has 2 aromatic heterocycles. The molecule has 12 aromatic rings. The topological polar surface area (TPSA) is 18.6 Å². The number of aryl methyl sites for hydroxylation is 2. The Kier molecular flexibility index (Phi) is 15.3. The molecule has 25 heteroatoms. The maximum atomic E-state index is 15.4. The fourth-order valence-electron chi connectivity index (χ4n) is 12.1. The van der Waals surface area contributed by atoms with Crippen molar-refractivity contribution >= 4 is 55.0 Å². The van der Waals surface area contributed by atoms with Crippen LogP contribution in [-0.4, -0.2) is 9.13 Å². The first kappa shape index (κ1) is 65.4. The van der Waals surface area contributed by atoms with Crippen LogP contribution in [-0.2, 0) is 43.2 Å². The number of rotatable bonds is 7. The van der Waals surface area contributed by atoms with E-state index in [0.29, 0.717) is 30.3 Å². The van der Waals surface area contributed by atoms with E-state index in [1.165, 1.54) is 95.8 Å². The first-order valence-electron chi connectivity index (χ1n) is 28.0. The van der Waals surface area contributed by atoms with E-state index in [1.54, 1.807) is 0 Å². The predicted molar refractivity (Wildman–Crippen MR) is 319 cm³/mol. The van der Waals surface area contributed by atoms with Gasteiger partial charge in [0.05, 0.1) is 85.5 Å². The molecule has 0 saturated carbocycles. The van der Waals surface area contributed by atoms with Crippen molar-refractivity contribution in [1.82, 2.24) is 9.13 Å². The van der Waals surface area contributed by atoms with Gasteiger partial charge in [-0.3, -0.25) is 0 Å². The van der Waals surface area contributed by atoms with E-state index in [1.807, 2.05) is 0 Å². The van der Waals surface area contributed by atoms with E-state index in [-0.39, 0.29) is 112 Å². The van der Waals surface area contributed by atoms with Crippen LogP contribution in [0.5, 0.6) is 0 Å². The zero-order chi connectivity index (χ0) is 69.5. The van der Waals surface area contributed by atoms with Crippen LogP contribution < -0.4 is 0 Å². The van der Waals surface area contributed by atoms with Crippen molar-refractivity contribution in [3.05, 3.63) is 249 Å². The van der Waals surface area contributed by atoms with Crippen LogP contribution in [0.3, 0.4) is 0 Å². The Morgan fingerprint density at radius 2 is 0.573 bits per heavy atom. The maximum absolute atomic E-state index is 15.4. The Morgan fingerprint density at radius 1 is 0.271 bits per heavy atom. The summed E-state index contributed by atoms with van der Waals surface area (Å²) in [6.45, 7) is 18.8. The number of halogens is 21. The second-order valence-electron chi connectivity index (χ2n) is 22.7. The molecule has 12 rings (SSSR count). The van der Waals surface area contributed by atoms with Crippen molar-refractivity contribution in [1.29, 1.82) is 0 Å². The fraction of sp³-hybridized carbons (Fsp3) is 0.127. The number of hydrogen-bond donors (Lipinski definition) is 0. The quantitative estimate of drug-likeness (QED) is 0.112. The highest BCUT2D eigenvalue weighted by molar-refractivity contribution is 6.14. The van der Waals surface area contributed by atoms with Crippen LogP contribution in [0.1, 0.15) is 50.1 Å². The number of nitrogens with zero attached hydrogens (tertiary/aromatic N) is 4. The minimum atomic E-state index is -5.34.